The van der Waals surface area contributed by atoms with Gasteiger partial charge in [0, 0.05) is 32.4 Å². The summed E-state index contributed by atoms with van der Waals surface area (Å²) in [6.45, 7) is 7.15. The van der Waals surface area contributed by atoms with Gasteiger partial charge in [-0.05, 0) is 33.6 Å². The largest absolute Gasteiger partial charge is 0.396 e. The van der Waals surface area contributed by atoms with Crippen molar-refractivity contribution < 1.29 is 14.6 Å². The van der Waals surface area contributed by atoms with E-state index in [0.717, 1.165) is 6.42 Å². The molecule has 1 atom stereocenters. The van der Waals surface area contributed by atoms with E-state index in [-0.39, 0.29) is 24.1 Å². The minimum atomic E-state index is -0.265. The van der Waals surface area contributed by atoms with Gasteiger partial charge in [0.05, 0.1) is 6.04 Å². The number of carbonyl (C=O) groups is 1. The third kappa shape index (κ3) is 8.12. The van der Waals surface area contributed by atoms with E-state index in [9.17, 15) is 4.79 Å². The molecule has 0 aliphatic carbocycles. The Morgan fingerprint density at radius 2 is 2.12 bits per heavy atom. The molecule has 0 spiro atoms. The molecule has 17 heavy (non-hydrogen) atoms. The van der Waals surface area contributed by atoms with Gasteiger partial charge >= 0.3 is 0 Å². The van der Waals surface area contributed by atoms with Crippen molar-refractivity contribution in [2.75, 3.05) is 26.9 Å². The van der Waals surface area contributed by atoms with Gasteiger partial charge in [0.1, 0.15) is 0 Å². The van der Waals surface area contributed by atoms with E-state index in [0.29, 0.717) is 19.6 Å². The highest BCUT2D eigenvalue weighted by molar-refractivity contribution is 5.81. The minimum Gasteiger partial charge on any atom is -0.396 e. The maximum atomic E-state index is 11.7. The number of amides is 1. The fraction of sp³-hybridized carbons (Fsp3) is 0.917. The molecule has 0 aliphatic heterocycles. The second-order valence-electron chi connectivity index (χ2n) is 4.86. The van der Waals surface area contributed by atoms with Crippen molar-refractivity contribution >= 4 is 5.91 Å². The third-order valence-electron chi connectivity index (χ3n) is 2.56. The van der Waals surface area contributed by atoms with Crippen LogP contribution in [-0.4, -0.2) is 49.5 Å². The Bertz CT molecular complexity index is 220. The highest BCUT2D eigenvalue weighted by Crippen LogP contribution is 2.08. The lowest BCUT2D eigenvalue weighted by Gasteiger charge is -2.29. The van der Waals surface area contributed by atoms with Crippen LogP contribution >= 0.6 is 0 Å². The summed E-state index contributed by atoms with van der Waals surface area (Å²) in [6, 6.07) is -0.265. The lowest BCUT2D eigenvalue weighted by atomic mass is 10.00. The zero-order valence-electron chi connectivity index (χ0n) is 11.4. The highest BCUT2D eigenvalue weighted by Gasteiger charge is 2.22. The SMILES string of the molecule is COCCCNC(=O)C(C)NC(C)(C)CCO. The van der Waals surface area contributed by atoms with Crippen molar-refractivity contribution in [1.29, 1.82) is 0 Å². The van der Waals surface area contributed by atoms with Crippen LogP contribution in [0.1, 0.15) is 33.6 Å². The van der Waals surface area contributed by atoms with Crippen LogP contribution in [0.3, 0.4) is 0 Å². The Morgan fingerprint density at radius 1 is 1.47 bits per heavy atom. The Labute approximate surface area is 104 Å². The summed E-state index contributed by atoms with van der Waals surface area (Å²) in [7, 11) is 1.64. The van der Waals surface area contributed by atoms with E-state index in [1.807, 2.05) is 20.8 Å². The first-order valence-electron chi connectivity index (χ1n) is 6.08. The van der Waals surface area contributed by atoms with E-state index in [2.05, 4.69) is 10.6 Å². The Balaban J connectivity index is 3.88. The Morgan fingerprint density at radius 3 is 2.65 bits per heavy atom. The number of aliphatic hydroxyl groups is 1. The number of hydrogen-bond acceptors (Lipinski definition) is 4. The molecule has 0 bridgehead atoms. The summed E-state index contributed by atoms with van der Waals surface area (Å²) in [5.41, 5.74) is -0.238. The number of hydrogen-bond donors (Lipinski definition) is 3. The predicted octanol–water partition coefficient (Wildman–Crippen LogP) is 0.278. The fourth-order valence-corrected chi connectivity index (χ4v) is 1.58. The summed E-state index contributed by atoms with van der Waals surface area (Å²) < 4.78 is 4.90. The average molecular weight is 246 g/mol. The van der Waals surface area contributed by atoms with Gasteiger partial charge in [-0.25, -0.2) is 0 Å². The van der Waals surface area contributed by atoms with Gasteiger partial charge < -0.3 is 20.5 Å². The lowest BCUT2D eigenvalue weighted by Crippen LogP contribution is -2.52. The molecule has 1 unspecified atom stereocenters. The molecular weight excluding hydrogens is 220 g/mol. The Kier molecular flexibility index (Phi) is 8.12. The van der Waals surface area contributed by atoms with Gasteiger partial charge in [-0.2, -0.15) is 0 Å². The first kappa shape index (κ1) is 16.4. The zero-order valence-corrected chi connectivity index (χ0v) is 11.4. The van der Waals surface area contributed by atoms with Crippen LogP contribution < -0.4 is 10.6 Å². The van der Waals surface area contributed by atoms with Crippen LogP contribution in [-0.2, 0) is 9.53 Å². The molecule has 5 nitrogen and oxygen atoms in total. The standard InChI is InChI=1S/C12H26N2O3/c1-10(14-12(2,3)6-8-15)11(16)13-7-5-9-17-4/h10,14-15H,5-9H2,1-4H3,(H,13,16). The lowest BCUT2D eigenvalue weighted by molar-refractivity contribution is -0.123. The van der Waals surface area contributed by atoms with E-state index in [1.54, 1.807) is 7.11 Å². The third-order valence-corrected chi connectivity index (χ3v) is 2.56. The summed E-state index contributed by atoms with van der Waals surface area (Å²) in [6.07, 6.45) is 1.43. The number of methoxy groups -OCH3 is 1. The summed E-state index contributed by atoms with van der Waals surface area (Å²) >= 11 is 0. The van der Waals surface area contributed by atoms with Crippen molar-refractivity contribution in [2.24, 2.45) is 0 Å². The minimum absolute atomic E-state index is 0.0212. The molecule has 0 rings (SSSR count). The second-order valence-corrected chi connectivity index (χ2v) is 4.86. The van der Waals surface area contributed by atoms with Gasteiger partial charge in [-0.15, -0.1) is 0 Å². The molecule has 0 fully saturated rings. The molecule has 3 N–H and O–H groups in total. The van der Waals surface area contributed by atoms with Crippen LogP contribution in [0.15, 0.2) is 0 Å². The van der Waals surface area contributed by atoms with Crippen LogP contribution in [0.5, 0.6) is 0 Å². The molecule has 0 aromatic carbocycles. The molecule has 0 heterocycles. The van der Waals surface area contributed by atoms with Crippen LogP contribution in [0.2, 0.25) is 0 Å². The molecule has 0 aromatic rings. The van der Waals surface area contributed by atoms with Gasteiger partial charge in [-0.1, -0.05) is 0 Å². The maximum Gasteiger partial charge on any atom is 0.236 e. The molecular formula is C12H26N2O3. The van der Waals surface area contributed by atoms with Crippen LogP contribution in [0.4, 0.5) is 0 Å². The van der Waals surface area contributed by atoms with Crippen molar-refractivity contribution in [1.82, 2.24) is 10.6 Å². The molecule has 0 saturated carbocycles. The molecule has 0 radical (unpaired) electrons. The molecule has 5 heteroatoms. The Hall–Kier alpha value is -0.650. The molecule has 0 saturated heterocycles. The van der Waals surface area contributed by atoms with Crippen molar-refractivity contribution in [3.63, 3.8) is 0 Å². The number of rotatable bonds is 9. The van der Waals surface area contributed by atoms with Crippen LogP contribution in [0.25, 0.3) is 0 Å². The van der Waals surface area contributed by atoms with Gasteiger partial charge in [-0.3, -0.25) is 4.79 Å². The van der Waals surface area contributed by atoms with E-state index >= 15 is 0 Å². The van der Waals surface area contributed by atoms with Gasteiger partial charge in [0.15, 0.2) is 0 Å². The smallest absolute Gasteiger partial charge is 0.236 e. The number of nitrogens with one attached hydrogen (secondary N) is 2. The predicted molar refractivity (Wildman–Crippen MR) is 67.9 cm³/mol. The molecule has 102 valence electrons. The first-order valence-corrected chi connectivity index (χ1v) is 6.08. The first-order chi connectivity index (χ1) is 7.93. The number of carbonyl (C=O) groups excluding carboxylic acids is 1. The van der Waals surface area contributed by atoms with Crippen molar-refractivity contribution in [3.8, 4) is 0 Å². The van der Waals surface area contributed by atoms with E-state index in [1.165, 1.54) is 0 Å². The topological polar surface area (TPSA) is 70.6 Å². The highest BCUT2D eigenvalue weighted by atomic mass is 16.5. The van der Waals surface area contributed by atoms with Crippen LogP contribution in [0, 0.1) is 0 Å². The zero-order chi connectivity index (χ0) is 13.3. The monoisotopic (exact) mass is 246 g/mol. The second kappa shape index (κ2) is 8.44. The fourth-order valence-electron chi connectivity index (χ4n) is 1.58. The van der Waals surface area contributed by atoms with Crippen molar-refractivity contribution in [3.05, 3.63) is 0 Å². The average Bonchev–Trinajstić information content (AvgIpc) is 2.23. The van der Waals surface area contributed by atoms with Gasteiger partial charge in [0.2, 0.25) is 5.91 Å². The molecule has 0 aliphatic rings. The normalized spacial score (nSPS) is 13.5. The maximum absolute atomic E-state index is 11.7. The van der Waals surface area contributed by atoms with Crippen molar-refractivity contribution in [2.45, 2.75) is 45.2 Å². The van der Waals surface area contributed by atoms with E-state index in [4.69, 9.17) is 9.84 Å². The van der Waals surface area contributed by atoms with E-state index < -0.39 is 0 Å². The quantitative estimate of drug-likeness (QED) is 0.511. The molecule has 0 aromatic heterocycles. The number of ether oxygens (including phenoxy) is 1. The summed E-state index contributed by atoms with van der Waals surface area (Å²) in [4.78, 5) is 11.7. The number of aliphatic hydroxyl groups excluding tert-OH is 1. The molecule has 1 amide bonds. The summed E-state index contributed by atoms with van der Waals surface area (Å²) in [5, 5.41) is 14.9. The van der Waals surface area contributed by atoms with Gasteiger partial charge in [0.25, 0.3) is 0 Å². The summed E-state index contributed by atoms with van der Waals surface area (Å²) in [5.74, 6) is -0.0212.